The molecule has 37 heavy (non-hydrogen) atoms. The topological polar surface area (TPSA) is 127 Å². The summed E-state index contributed by atoms with van der Waals surface area (Å²) in [6.07, 6.45) is 2.30. The Balaban J connectivity index is 1.85. The summed E-state index contributed by atoms with van der Waals surface area (Å²) in [5.74, 6) is 0.0677. The second kappa shape index (κ2) is 8.90. The molecule has 0 aliphatic heterocycles. The van der Waals surface area contributed by atoms with Crippen LogP contribution in [-0.4, -0.2) is 29.1 Å². The van der Waals surface area contributed by atoms with E-state index in [2.05, 4.69) is 20.2 Å². The third-order valence-electron chi connectivity index (χ3n) is 5.94. The van der Waals surface area contributed by atoms with E-state index in [4.69, 9.17) is 4.74 Å². The van der Waals surface area contributed by atoms with Gasteiger partial charge in [-0.15, -0.1) is 0 Å². The van der Waals surface area contributed by atoms with Crippen molar-refractivity contribution in [3.63, 3.8) is 0 Å². The maximum atomic E-state index is 13.8. The second-order valence-electron chi connectivity index (χ2n) is 8.71. The first-order chi connectivity index (χ1) is 17.6. The molecule has 0 spiro atoms. The van der Waals surface area contributed by atoms with E-state index < -0.39 is 10.5 Å². The molecule has 1 N–H and O–H groups in total. The molecule has 0 aliphatic carbocycles. The molecule has 2 aromatic carbocycles. The van der Waals surface area contributed by atoms with Crippen LogP contribution in [0.15, 0.2) is 53.6 Å². The van der Waals surface area contributed by atoms with Gasteiger partial charge in [-0.25, -0.2) is 0 Å². The predicted molar refractivity (Wildman–Crippen MR) is 138 cm³/mol. The number of benzene rings is 2. The highest BCUT2D eigenvalue weighted by molar-refractivity contribution is 7.81. The fraction of sp³-hybridized carbons (Fsp3) is 0.192. The third-order valence-corrected chi connectivity index (χ3v) is 6.33. The fourth-order valence-electron chi connectivity index (χ4n) is 4.55. The molecule has 0 atom stereocenters. The van der Waals surface area contributed by atoms with Crippen molar-refractivity contribution in [3.05, 3.63) is 64.6 Å². The Labute approximate surface area is 211 Å². The molecule has 3 heterocycles. The van der Waals surface area contributed by atoms with E-state index in [0.29, 0.717) is 61.8 Å². The zero-order valence-corrected chi connectivity index (χ0v) is 20.9. The summed E-state index contributed by atoms with van der Waals surface area (Å²) < 4.78 is 47.5. The van der Waals surface area contributed by atoms with Crippen molar-refractivity contribution in [1.29, 1.82) is 5.26 Å². The van der Waals surface area contributed by atoms with Gasteiger partial charge >= 0.3 is 10.5 Å². The molecule has 0 saturated carbocycles. The Kier molecular flexibility index (Phi) is 5.84. The first-order valence-electron chi connectivity index (χ1n) is 11.4. The maximum Gasteiger partial charge on any atom is 0.488 e. The summed E-state index contributed by atoms with van der Waals surface area (Å²) >= 11 is 0. The first-order valence-corrected chi connectivity index (χ1v) is 12.7. The Hall–Kier alpha value is -4.43. The van der Waals surface area contributed by atoms with Crippen molar-refractivity contribution in [2.75, 3.05) is 0 Å². The molecule has 11 heteroatoms. The smallest absolute Gasteiger partial charge is 0.488 e. The van der Waals surface area contributed by atoms with E-state index in [9.17, 15) is 22.4 Å². The monoisotopic (exact) mass is 520 g/mol. The van der Waals surface area contributed by atoms with E-state index >= 15 is 0 Å². The summed E-state index contributed by atoms with van der Waals surface area (Å²) in [7, 11) is -5.24. The van der Waals surface area contributed by atoms with E-state index in [1.165, 1.54) is 12.3 Å². The lowest BCUT2D eigenvalue weighted by molar-refractivity contribution is 0.244. The Morgan fingerprint density at radius 1 is 1.16 bits per heavy atom. The van der Waals surface area contributed by atoms with E-state index in [1.54, 1.807) is 30.3 Å². The van der Waals surface area contributed by atoms with Gasteiger partial charge in [-0.1, -0.05) is 9.95 Å². The van der Waals surface area contributed by atoms with Crippen molar-refractivity contribution >= 4 is 43.3 Å². The lowest BCUT2D eigenvalue weighted by Gasteiger charge is -2.18. The van der Waals surface area contributed by atoms with E-state index in [-0.39, 0.29) is 17.3 Å². The number of hydrogen-bond donors (Lipinski definition) is 1. The minimum atomic E-state index is -5.24. The van der Waals surface area contributed by atoms with Crippen molar-refractivity contribution < 1.29 is 21.2 Å². The average molecular weight is 521 g/mol. The Bertz CT molecular complexity index is 1920. The minimum absolute atomic E-state index is 0.204. The predicted octanol–water partition coefficient (Wildman–Crippen LogP) is 4.97. The number of H-pyrrole nitrogens is 1. The molecule has 0 bridgehead atoms. The summed E-state index contributed by atoms with van der Waals surface area (Å²) in [6, 6.07) is 12.0. The molecule has 9 nitrogen and oxygen atoms in total. The van der Waals surface area contributed by atoms with Gasteiger partial charge in [0.25, 0.3) is 0 Å². The van der Waals surface area contributed by atoms with Gasteiger partial charge in [0.1, 0.15) is 11.4 Å². The molecule has 0 radical (unpaired) electrons. The largest absolute Gasteiger partial charge is 0.490 e. The Morgan fingerprint density at radius 2 is 1.95 bits per heavy atom. The van der Waals surface area contributed by atoms with Gasteiger partial charge in [-0.2, -0.15) is 13.7 Å². The highest BCUT2D eigenvalue weighted by Crippen LogP contribution is 2.37. The number of nitrogens with one attached hydrogen (secondary N) is 1. The highest BCUT2D eigenvalue weighted by atomic mass is 32.3. The quantitative estimate of drug-likeness (QED) is 0.313. The number of halogens is 1. The van der Waals surface area contributed by atoms with Crippen molar-refractivity contribution in [1.82, 2.24) is 14.5 Å². The number of pyridine rings is 2. The van der Waals surface area contributed by atoms with Gasteiger partial charge in [0, 0.05) is 34.8 Å². The zero-order valence-electron chi connectivity index (χ0n) is 20.1. The number of hydrogen-bond acceptors (Lipinski definition) is 7. The summed E-state index contributed by atoms with van der Waals surface area (Å²) in [5.41, 5.74) is 3.06. The number of aromatic amines is 1. The number of fused-ring (bicyclic) bond motifs is 4. The van der Waals surface area contributed by atoms with E-state index in [0.717, 1.165) is 6.20 Å². The first kappa shape index (κ1) is 24.3. The lowest BCUT2D eigenvalue weighted by Crippen LogP contribution is -2.12. The molecule has 0 unspecified atom stereocenters. The highest BCUT2D eigenvalue weighted by Gasteiger charge is 2.20. The number of aryl methyl sites for hydroxylation is 1. The van der Waals surface area contributed by atoms with Gasteiger partial charge in [-0.3, -0.25) is 9.78 Å². The van der Waals surface area contributed by atoms with Crippen LogP contribution in [0.2, 0.25) is 0 Å². The van der Waals surface area contributed by atoms with Gasteiger partial charge in [0.05, 0.1) is 40.2 Å². The molecule has 5 rings (SSSR count). The maximum absolute atomic E-state index is 13.8. The van der Waals surface area contributed by atoms with Crippen molar-refractivity contribution in [2.24, 2.45) is 0 Å². The zero-order chi connectivity index (χ0) is 26.5. The van der Waals surface area contributed by atoms with Crippen molar-refractivity contribution in [3.8, 4) is 28.7 Å². The van der Waals surface area contributed by atoms with Crippen LogP contribution in [0.4, 0.5) is 3.89 Å². The SMILES string of the molecule is CCn1c2cc(-c3cncc(OS(=O)(=O)F)c3)c(OC(C)C)cc2c(=O)c2c3ccc(C#N)cc3[nH]c21. The standard InChI is InChI=1S/C26H21FN4O5S/c1-4-31-22-9-19(16-8-17(13-29-12-16)36-37(27,33)34)23(35-14(2)3)10-20(22)25(32)24-18-6-5-15(11-28)7-21(18)30-26(24)31/h5-10,12-14,30H,4H2,1-3H3. The van der Waals surface area contributed by atoms with Crippen LogP contribution in [-0.2, 0) is 17.0 Å². The number of nitriles is 1. The number of ether oxygens (including phenoxy) is 1. The molecular formula is C26H21FN4O5S. The van der Waals surface area contributed by atoms with Crippen LogP contribution in [0.5, 0.6) is 11.5 Å². The summed E-state index contributed by atoms with van der Waals surface area (Å²) in [4.78, 5) is 21.1. The van der Waals surface area contributed by atoms with Crippen LogP contribution in [0, 0.1) is 11.3 Å². The van der Waals surface area contributed by atoms with Gasteiger partial charge in [-0.05, 0) is 51.1 Å². The third kappa shape index (κ3) is 4.36. The van der Waals surface area contributed by atoms with E-state index in [1.807, 2.05) is 25.3 Å². The van der Waals surface area contributed by atoms with Crippen LogP contribution in [0.25, 0.3) is 44.0 Å². The molecular weight excluding hydrogens is 499 g/mol. The average Bonchev–Trinajstić information content (AvgIpc) is 3.21. The van der Waals surface area contributed by atoms with Gasteiger partial charge < -0.3 is 18.5 Å². The normalized spacial score (nSPS) is 11.9. The lowest BCUT2D eigenvalue weighted by atomic mass is 10.0. The van der Waals surface area contributed by atoms with Crippen LogP contribution in [0.1, 0.15) is 26.3 Å². The van der Waals surface area contributed by atoms with Crippen LogP contribution >= 0.6 is 0 Å². The van der Waals surface area contributed by atoms with Crippen LogP contribution < -0.4 is 14.3 Å². The minimum Gasteiger partial charge on any atom is -0.490 e. The van der Waals surface area contributed by atoms with Crippen LogP contribution in [0.3, 0.4) is 0 Å². The fourth-order valence-corrected chi connectivity index (χ4v) is 4.87. The molecule has 0 fully saturated rings. The molecule has 0 saturated heterocycles. The number of aromatic nitrogens is 3. The molecule has 3 aromatic heterocycles. The molecule has 188 valence electrons. The number of nitrogens with zero attached hydrogens (tertiary/aromatic N) is 3. The number of rotatable bonds is 6. The summed E-state index contributed by atoms with van der Waals surface area (Å²) in [5, 5.41) is 10.9. The molecule has 5 aromatic rings. The molecule has 0 aliphatic rings. The van der Waals surface area contributed by atoms with Gasteiger partial charge in [0.2, 0.25) is 0 Å². The molecule has 0 amide bonds. The Morgan fingerprint density at radius 3 is 2.62 bits per heavy atom. The summed E-state index contributed by atoms with van der Waals surface area (Å²) in [6.45, 7) is 6.12. The second-order valence-corrected chi connectivity index (χ2v) is 9.66. The van der Waals surface area contributed by atoms with Gasteiger partial charge in [0.15, 0.2) is 11.2 Å². The van der Waals surface area contributed by atoms with Crippen molar-refractivity contribution in [2.45, 2.75) is 33.4 Å².